The minimum absolute atomic E-state index is 0.0397. The summed E-state index contributed by atoms with van der Waals surface area (Å²) in [7, 11) is 0. The molecule has 0 nitrogen and oxygen atoms in total. The molecule has 1 unspecified atom stereocenters. The summed E-state index contributed by atoms with van der Waals surface area (Å²) in [5.41, 5.74) is 5.53. The Bertz CT molecular complexity index is 563. The number of halogens is 2. The molecular weight excluding hydrogens is 352 g/mol. The number of alkyl halides is 1. The Hall–Kier alpha value is -0.310. The predicted molar refractivity (Wildman–Crippen MR) is 94.3 cm³/mol. The highest BCUT2D eigenvalue weighted by Crippen LogP contribution is 2.39. The van der Waals surface area contributed by atoms with Crippen molar-refractivity contribution in [2.45, 2.75) is 45.4 Å². The predicted octanol–water partition coefficient (Wildman–Crippen LogP) is 6.53. The molecule has 0 fully saturated rings. The fraction of sp³-hybridized carbons (Fsp3) is 0.412. The summed E-state index contributed by atoms with van der Waals surface area (Å²) < 4.78 is 1.14. The Morgan fingerprint density at radius 2 is 1.65 bits per heavy atom. The van der Waals surface area contributed by atoms with Crippen molar-refractivity contribution in [1.29, 1.82) is 0 Å². The Morgan fingerprint density at radius 1 is 1.05 bits per heavy atom. The van der Waals surface area contributed by atoms with Gasteiger partial charge in [-0.1, -0.05) is 32.9 Å². The first-order valence-corrected chi connectivity index (χ1v) is 9.19. The van der Waals surface area contributed by atoms with E-state index in [1.54, 1.807) is 11.3 Å². The molecule has 1 aromatic carbocycles. The Labute approximate surface area is 139 Å². The first-order chi connectivity index (χ1) is 9.60. The molecule has 1 aromatic heterocycles. The van der Waals surface area contributed by atoms with Crippen LogP contribution in [0.15, 0.2) is 28.1 Å². The fourth-order valence-corrected chi connectivity index (χ4v) is 4.47. The Balaban J connectivity index is 2.53. The lowest BCUT2D eigenvalue weighted by Gasteiger charge is -2.19. The molecule has 0 amide bonds. The van der Waals surface area contributed by atoms with Crippen molar-refractivity contribution < 1.29 is 0 Å². The van der Waals surface area contributed by atoms with E-state index in [0.29, 0.717) is 0 Å². The molecule has 0 spiro atoms. The number of thiophene rings is 1. The zero-order valence-electron chi connectivity index (χ0n) is 12.2. The lowest BCUT2D eigenvalue weighted by atomic mass is 9.91. The highest BCUT2D eigenvalue weighted by molar-refractivity contribution is 9.11. The van der Waals surface area contributed by atoms with Crippen LogP contribution in [0.3, 0.4) is 0 Å². The zero-order valence-corrected chi connectivity index (χ0v) is 15.3. The molecule has 2 rings (SSSR count). The molecule has 3 heteroatoms. The van der Waals surface area contributed by atoms with Gasteiger partial charge in [0.2, 0.25) is 0 Å². The van der Waals surface area contributed by atoms with E-state index >= 15 is 0 Å². The smallest absolute Gasteiger partial charge is 0.0933 e. The summed E-state index contributed by atoms with van der Waals surface area (Å²) in [5, 5.41) is -0.0397. The summed E-state index contributed by atoms with van der Waals surface area (Å²) >= 11 is 12.0. The van der Waals surface area contributed by atoms with E-state index in [0.717, 1.165) is 23.0 Å². The second-order valence-electron chi connectivity index (χ2n) is 4.89. The molecule has 0 radical (unpaired) electrons. The largest absolute Gasteiger partial charge is 0.131 e. The van der Waals surface area contributed by atoms with Gasteiger partial charge in [0.15, 0.2) is 0 Å². The summed E-state index contributed by atoms with van der Waals surface area (Å²) in [6.45, 7) is 6.64. The minimum atomic E-state index is -0.0397. The number of aryl methyl sites for hydroxylation is 3. The van der Waals surface area contributed by atoms with Gasteiger partial charge in [-0.15, -0.1) is 22.9 Å². The van der Waals surface area contributed by atoms with Gasteiger partial charge in [-0.2, -0.15) is 0 Å². The lowest BCUT2D eigenvalue weighted by Crippen LogP contribution is -2.04. The number of rotatable bonds is 5. The average Bonchev–Trinajstić information content (AvgIpc) is 2.91. The maximum atomic E-state index is 6.80. The van der Waals surface area contributed by atoms with Crippen LogP contribution < -0.4 is 0 Å². The second-order valence-corrected chi connectivity index (χ2v) is 7.82. The van der Waals surface area contributed by atoms with E-state index in [1.165, 1.54) is 27.1 Å². The van der Waals surface area contributed by atoms with Gasteiger partial charge >= 0.3 is 0 Å². The third-order valence-corrected chi connectivity index (χ3v) is 5.95. The van der Waals surface area contributed by atoms with Gasteiger partial charge in [0.05, 0.1) is 9.16 Å². The Kier molecular flexibility index (Phi) is 5.71. The third kappa shape index (κ3) is 3.29. The van der Waals surface area contributed by atoms with Crippen molar-refractivity contribution in [3.63, 3.8) is 0 Å². The molecule has 2 aromatic rings. The van der Waals surface area contributed by atoms with Gasteiger partial charge in [-0.05, 0) is 69.6 Å². The molecule has 0 saturated heterocycles. The normalized spacial score (nSPS) is 12.7. The van der Waals surface area contributed by atoms with E-state index in [2.05, 4.69) is 61.0 Å². The number of hydrogen-bond acceptors (Lipinski definition) is 1. The molecule has 0 bridgehead atoms. The first-order valence-electron chi connectivity index (χ1n) is 7.14. The highest BCUT2D eigenvalue weighted by Gasteiger charge is 2.20. The van der Waals surface area contributed by atoms with Crippen molar-refractivity contribution >= 4 is 38.9 Å². The van der Waals surface area contributed by atoms with Gasteiger partial charge in [0, 0.05) is 4.88 Å². The Morgan fingerprint density at radius 3 is 2.05 bits per heavy atom. The van der Waals surface area contributed by atoms with E-state index in [-0.39, 0.29) is 5.38 Å². The summed E-state index contributed by atoms with van der Waals surface area (Å²) in [5.74, 6) is 0. The first kappa shape index (κ1) is 16.1. The molecule has 0 N–H and O–H groups in total. The standard InChI is InChI=1S/C17H20BrClS/c1-4-11-9-12(5-2)16(13(6-3)10-11)17(19)14-7-8-15(18)20-14/h7-10,17H,4-6H2,1-3H3. The maximum Gasteiger partial charge on any atom is 0.0933 e. The van der Waals surface area contributed by atoms with Crippen LogP contribution in [-0.4, -0.2) is 0 Å². The summed E-state index contributed by atoms with van der Waals surface area (Å²) in [4.78, 5) is 1.21. The van der Waals surface area contributed by atoms with Crippen LogP contribution in [0.5, 0.6) is 0 Å². The lowest BCUT2D eigenvalue weighted by molar-refractivity contribution is 0.972. The van der Waals surface area contributed by atoms with Crippen LogP contribution in [0, 0.1) is 0 Å². The second kappa shape index (κ2) is 7.11. The van der Waals surface area contributed by atoms with E-state index in [1.807, 2.05) is 0 Å². The average molecular weight is 372 g/mol. The van der Waals surface area contributed by atoms with Crippen LogP contribution in [-0.2, 0) is 19.3 Å². The van der Waals surface area contributed by atoms with Crippen LogP contribution in [0.2, 0.25) is 0 Å². The molecule has 1 atom stereocenters. The molecule has 1 heterocycles. The van der Waals surface area contributed by atoms with Crippen molar-refractivity contribution in [2.75, 3.05) is 0 Å². The minimum Gasteiger partial charge on any atom is -0.131 e. The number of hydrogen-bond donors (Lipinski definition) is 0. The van der Waals surface area contributed by atoms with Crippen LogP contribution in [0.4, 0.5) is 0 Å². The van der Waals surface area contributed by atoms with E-state index in [4.69, 9.17) is 11.6 Å². The topological polar surface area (TPSA) is 0 Å². The fourth-order valence-electron chi connectivity index (χ4n) is 2.57. The van der Waals surface area contributed by atoms with Gasteiger partial charge < -0.3 is 0 Å². The quantitative estimate of drug-likeness (QED) is 0.524. The monoisotopic (exact) mass is 370 g/mol. The molecule has 20 heavy (non-hydrogen) atoms. The van der Waals surface area contributed by atoms with Crippen molar-refractivity contribution in [3.8, 4) is 0 Å². The van der Waals surface area contributed by atoms with Crippen LogP contribution in [0.1, 0.15) is 53.3 Å². The number of benzene rings is 1. The summed E-state index contributed by atoms with van der Waals surface area (Å²) in [6.07, 6.45) is 3.15. The van der Waals surface area contributed by atoms with Crippen LogP contribution in [0.25, 0.3) is 0 Å². The molecule has 108 valence electrons. The van der Waals surface area contributed by atoms with Gasteiger partial charge in [-0.3, -0.25) is 0 Å². The maximum absolute atomic E-state index is 6.80. The SMILES string of the molecule is CCc1cc(CC)c(C(Cl)c2ccc(Br)s2)c(CC)c1. The highest BCUT2D eigenvalue weighted by atomic mass is 79.9. The van der Waals surface area contributed by atoms with Crippen molar-refractivity contribution in [2.24, 2.45) is 0 Å². The molecule has 0 aliphatic rings. The molecular formula is C17H20BrClS. The van der Waals surface area contributed by atoms with Crippen LogP contribution >= 0.6 is 38.9 Å². The molecule has 0 aliphatic carbocycles. The van der Waals surface area contributed by atoms with Gasteiger partial charge in [-0.25, -0.2) is 0 Å². The molecule has 0 aliphatic heterocycles. The summed E-state index contributed by atoms with van der Waals surface area (Å²) in [6, 6.07) is 8.85. The van der Waals surface area contributed by atoms with E-state index in [9.17, 15) is 0 Å². The zero-order chi connectivity index (χ0) is 14.7. The third-order valence-electron chi connectivity index (χ3n) is 3.68. The van der Waals surface area contributed by atoms with Crippen molar-refractivity contribution in [1.82, 2.24) is 0 Å². The van der Waals surface area contributed by atoms with Crippen molar-refractivity contribution in [3.05, 3.63) is 55.2 Å². The van der Waals surface area contributed by atoms with Gasteiger partial charge in [0.1, 0.15) is 0 Å². The van der Waals surface area contributed by atoms with E-state index < -0.39 is 0 Å². The molecule has 0 saturated carbocycles. The van der Waals surface area contributed by atoms with Gasteiger partial charge in [0.25, 0.3) is 0 Å².